The Morgan fingerprint density at radius 2 is 2.26 bits per heavy atom. The number of hydrogen-bond donors (Lipinski definition) is 3. The Bertz CT molecular complexity index is 627. The summed E-state index contributed by atoms with van der Waals surface area (Å²) in [5, 5.41) is 19.0. The van der Waals surface area contributed by atoms with E-state index in [0.717, 1.165) is 24.2 Å². The first kappa shape index (κ1) is 17.0. The van der Waals surface area contributed by atoms with Gasteiger partial charge in [0.2, 0.25) is 0 Å². The largest absolute Gasteiger partial charge is 0.395 e. The Hall–Kier alpha value is -2.41. The molecule has 7 heteroatoms. The van der Waals surface area contributed by atoms with Gasteiger partial charge in [0.25, 0.3) is 5.91 Å². The van der Waals surface area contributed by atoms with Gasteiger partial charge in [-0.05, 0) is 38.0 Å². The lowest BCUT2D eigenvalue weighted by Gasteiger charge is -2.18. The molecule has 23 heavy (non-hydrogen) atoms. The monoisotopic (exact) mass is 317 g/mol. The van der Waals surface area contributed by atoms with Crippen molar-refractivity contribution in [2.75, 3.05) is 18.5 Å². The lowest BCUT2D eigenvalue weighted by molar-refractivity contribution is 0.0944. The topological polar surface area (TPSA) is 92.1 Å². The molecular formula is C16H23N5O2. The van der Waals surface area contributed by atoms with Gasteiger partial charge in [-0.1, -0.05) is 6.07 Å². The van der Waals surface area contributed by atoms with E-state index in [1.54, 1.807) is 17.1 Å². The highest BCUT2D eigenvalue weighted by Crippen LogP contribution is 2.20. The molecule has 0 spiro atoms. The Balaban J connectivity index is 1.97. The number of carbonyl (C=O) groups excluding carboxylic acids is 1. The molecule has 0 aliphatic heterocycles. The van der Waals surface area contributed by atoms with Gasteiger partial charge >= 0.3 is 0 Å². The third-order valence-corrected chi connectivity index (χ3v) is 3.64. The van der Waals surface area contributed by atoms with E-state index in [1.807, 2.05) is 19.1 Å². The minimum absolute atomic E-state index is 0.0674. The van der Waals surface area contributed by atoms with Gasteiger partial charge < -0.3 is 15.7 Å². The van der Waals surface area contributed by atoms with E-state index in [2.05, 4.69) is 27.6 Å². The molecule has 1 unspecified atom stereocenters. The number of nitrogens with one attached hydrogen (secondary N) is 2. The van der Waals surface area contributed by atoms with Crippen molar-refractivity contribution in [2.45, 2.75) is 32.9 Å². The van der Waals surface area contributed by atoms with E-state index in [4.69, 9.17) is 5.11 Å². The fraction of sp³-hybridized carbons (Fsp3) is 0.438. The molecule has 124 valence electrons. The molecule has 0 aliphatic carbocycles. The van der Waals surface area contributed by atoms with Gasteiger partial charge in [0.15, 0.2) is 0 Å². The molecule has 0 saturated heterocycles. The number of nitrogens with zero attached hydrogens (tertiary/aromatic N) is 3. The predicted octanol–water partition coefficient (Wildman–Crippen LogP) is 1.20. The Kier molecular flexibility index (Phi) is 6.10. The van der Waals surface area contributed by atoms with E-state index >= 15 is 0 Å². The third-order valence-electron chi connectivity index (χ3n) is 3.64. The molecule has 0 radical (unpaired) electrons. The number of carbonyl (C=O) groups is 1. The van der Waals surface area contributed by atoms with Crippen molar-refractivity contribution >= 4 is 11.6 Å². The predicted molar refractivity (Wildman–Crippen MR) is 88.3 cm³/mol. The highest BCUT2D eigenvalue weighted by atomic mass is 16.3. The summed E-state index contributed by atoms with van der Waals surface area (Å²) in [7, 11) is 0. The Morgan fingerprint density at radius 1 is 1.43 bits per heavy atom. The summed E-state index contributed by atoms with van der Waals surface area (Å²) in [5.41, 5.74) is 2.45. The third kappa shape index (κ3) is 4.79. The number of benzene rings is 1. The van der Waals surface area contributed by atoms with E-state index in [-0.39, 0.29) is 25.1 Å². The van der Waals surface area contributed by atoms with Crippen LogP contribution in [-0.2, 0) is 6.54 Å². The minimum atomic E-state index is -0.171. The van der Waals surface area contributed by atoms with E-state index < -0.39 is 0 Å². The molecule has 1 heterocycles. The summed E-state index contributed by atoms with van der Waals surface area (Å²) in [6.07, 6.45) is 4.12. The number of aliphatic hydroxyl groups excluding tert-OH is 1. The number of rotatable bonds is 8. The van der Waals surface area contributed by atoms with Crippen LogP contribution in [0.2, 0.25) is 0 Å². The number of aromatic nitrogens is 3. The maximum absolute atomic E-state index is 12.1. The SMILES string of the molecule is Cc1c(NC(C)CCn2cncn2)cccc1C(=O)NCCO. The van der Waals surface area contributed by atoms with Gasteiger partial charge in [0.05, 0.1) is 6.61 Å². The first-order valence-electron chi connectivity index (χ1n) is 7.69. The molecule has 3 N–H and O–H groups in total. The quantitative estimate of drug-likeness (QED) is 0.680. The van der Waals surface area contributed by atoms with Gasteiger partial charge in [0.1, 0.15) is 12.7 Å². The molecule has 1 atom stereocenters. The zero-order valence-electron chi connectivity index (χ0n) is 13.5. The highest BCUT2D eigenvalue weighted by Gasteiger charge is 2.12. The second-order valence-electron chi connectivity index (χ2n) is 5.45. The molecule has 0 fully saturated rings. The highest BCUT2D eigenvalue weighted by molar-refractivity contribution is 5.97. The smallest absolute Gasteiger partial charge is 0.251 e. The lowest BCUT2D eigenvalue weighted by Crippen LogP contribution is -2.27. The molecule has 1 amide bonds. The van der Waals surface area contributed by atoms with Gasteiger partial charge in [-0.2, -0.15) is 5.10 Å². The molecule has 0 bridgehead atoms. The number of aryl methyl sites for hydroxylation is 1. The van der Waals surface area contributed by atoms with Crippen molar-refractivity contribution in [1.82, 2.24) is 20.1 Å². The number of hydrogen-bond acceptors (Lipinski definition) is 5. The van der Waals surface area contributed by atoms with Crippen LogP contribution in [0.3, 0.4) is 0 Å². The number of anilines is 1. The Labute approximate surface area is 135 Å². The van der Waals surface area contributed by atoms with Crippen LogP contribution < -0.4 is 10.6 Å². The van der Waals surface area contributed by atoms with Crippen LogP contribution in [-0.4, -0.2) is 45.0 Å². The summed E-state index contributed by atoms with van der Waals surface area (Å²) in [6, 6.07) is 5.83. The van der Waals surface area contributed by atoms with Crippen LogP contribution in [0.5, 0.6) is 0 Å². The van der Waals surface area contributed by atoms with Crippen molar-refractivity contribution in [3.8, 4) is 0 Å². The standard InChI is InChI=1S/C16H23N5O2/c1-12(6-8-21-11-17-10-19-21)20-15-5-3-4-14(13(15)2)16(23)18-7-9-22/h3-5,10-12,20,22H,6-9H2,1-2H3,(H,18,23). The van der Waals surface area contributed by atoms with Crippen molar-refractivity contribution < 1.29 is 9.90 Å². The Morgan fingerprint density at radius 3 is 2.96 bits per heavy atom. The van der Waals surface area contributed by atoms with Crippen molar-refractivity contribution in [3.63, 3.8) is 0 Å². The van der Waals surface area contributed by atoms with Crippen molar-refractivity contribution in [2.24, 2.45) is 0 Å². The maximum Gasteiger partial charge on any atom is 0.251 e. The lowest BCUT2D eigenvalue weighted by atomic mass is 10.0. The molecular weight excluding hydrogens is 294 g/mol. The molecule has 2 rings (SSSR count). The fourth-order valence-corrected chi connectivity index (χ4v) is 2.31. The van der Waals surface area contributed by atoms with Crippen LogP contribution in [0.15, 0.2) is 30.9 Å². The summed E-state index contributed by atoms with van der Waals surface area (Å²) in [4.78, 5) is 16.0. The summed E-state index contributed by atoms with van der Waals surface area (Å²) in [5.74, 6) is -0.171. The van der Waals surface area contributed by atoms with Crippen molar-refractivity contribution in [3.05, 3.63) is 42.0 Å². The summed E-state index contributed by atoms with van der Waals surface area (Å²) < 4.78 is 1.80. The van der Waals surface area contributed by atoms with Crippen LogP contribution in [0.1, 0.15) is 29.3 Å². The molecule has 0 saturated carbocycles. The van der Waals surface area contributed by atoms with Crippen LogP contribution in [0.4, 0.5) is 5.69 Å². The van der Waals surface area contributed by atoms with Crippen LogP contribution >= 0.6 is 0 Å². The zero-order valence-corrected chi connectivity index (χ0v) is 13.5. The van der Waals surface area contributed by atoms with Gasteiger partial charge in [0, 0.05) is 30.4 Å². The van der Waals surface area contributed by atoms with E-state index in [1.165, 1.54) is 6.33 Å². The van der Waals surface area contributed by atoms with E-state index in [9.17, 15) is 4.79 Å². The minimum Gasteiger partial charge on any atom is -0.395 e. The molecule has 2 aromatic rings. The van der Waals surface area contributed by atoms with Gasteiger partial charge in [-0.3, -0.25) is 9.48 Å². The average molecular weight is 317 g/mol. The molecule has 1 aromatic heterocycles. The zero-order chi connectivity index (χ0) is 16.7. The normalized spacial score (nSPS) is 12.0. The van der Waals surface area contributed by atoms with Crippen molar-refractivity contribution in [1.29, 1.82) is 0 Å². The molecule has 0 aliphatic rings. The second kappa shape index (κ2) is 8.28. The molecule has 7 nitrogen and oxygen atoms in total. The average Bonchev–Trinajstić information content (AvgIpc) is 3.06. The first-order valence-corrected chi connectivity index (χ1v) is 7.69. The van der Waals surface area contributed by atoms with Gasteiger partial charge in [-0.15, -0.1) is 0 Å². The second-order valence-corrected chi connectivity index (χ2v) is 5.45. The first-order chi connectivity index (χ1) is 11.1. The molecule has 1 aromatic carbocycles. The summed E-state index contributed by atoms with van der Waals surface area (Å²) >= 11 is 0. The summed E-state index contributed by atoms with van der Waals surface area (Å²) in [6.45, 7) is 4.98. The van der Waals surface area contributed by atoms with E-state index in [0.29, 0.717) is 5.56 Å². The maximum atomic E-state index is 12.1. The number of aliphatic hydroxyl groups is 1. The van der Waals surface area contributed by atoms with Gasteiger partial charge in [-0.25, -0.2) is 4.98 Å². The van der Waals surface area contributed by atoms with Crippen LogP contribution in [0, 0.1) is 6.92 Å². The fourth-order valence-electron chi connectivity index (χ4n) is 2.31. The number of amides is 1. The van der Waals surface area contributed by atoms with Crippen LogP contribution in [0.25, 0.3) is 0 Å².